The maximum Gasteiger partial charge on any atom is 0.242 e. The molecule has 0 amide bonds. The van der Waals surface area contributed by atoms with Crippen molar-refractivity contribution in [2.75, 3.05) is 5.73 Å². The first kappa shape index (κ1) is 11.3. The van der Waals surface area contributed by atoms with Gasteiger partial charge in [0.15, 0.2) is 11.6 Å². The maximum absolute atomic E-state index is 13.3. The molecular formula is C12H10F2N2O. The smallest absolute Gasteiger partial charge is 0.242 e. The summed E-state index contributed by atoms with van der Waals surface area (Å²) in [5.41, 5.74) is 6.78. The fourth-order valence-corrected chi connectivity index (χ4v) is 1.33. The van der Waals surface area contributed by atoms with Gasteiger partial charge in [0.05, 0.1) is 5.69 Å². The predicted molar refractivity (Wildman–Crippen MR) is 59.8 cm³/mol. The van der Waals surface area contributed by atoms with E-state index in [-0.39, 0.29) is 17.3 Å². The number of aryl methyl sites for hydroxylation is 1. The third-order valence-electron chi connectivity index (χ3n) is 2.14. The largest absolute Gasteiger partial charge is 0.434 e. The van der Waals surface area contributed by atoms with Crippen LogP contribution in [0.15, 0.2) is 30.5 Å². The molecular weight excluding hydrogens is 226 g/mol. The van der Waals surface area contributed by atoms with E-state index in [1.807, 2.05) is 6.92 Å². The van der Waals surface area contributed by atoms with Gasteiger partial charge in [-0.05, 0) is 30.7 Å². The lowest BCUT2D eigenvalue weighted by molar-refractivity contribution is 0.407. The van der Waals surface area contributed by atoms with Crippen molar-refractivity contribution in [3.63, 3.8) is 0 Å². The predicted octanol–water partition coefficient (Wildman–Crippen LogP) is 3.04. The van der Waals surface area contributed by atoms with Crippen molar-refractivity contribution < 1.29 is 13.5 Å². The Bertz CT molecular complexity index is 558. The van der Waals surface area contributed by atoms with E-state index in [0.717, 1.165) is 11.6 Å². The number of hydrogen-bond acceptors (Lipinski definition) is 3. The van der Waals surface area contributed by atoms with Gasteiger partial charge in [-0.1, -0.05) is 6.07 Å². The van der Waals surface area contributed by atoms with Gasteiger partial charge < -0.3 is 10.5 Å². The van der Waals surface area contributed by atoms with Crippen molar-refractivity contribution in [3.05, 3.63) is 47.7 Å². The standard InChI is InChI=1S/C12H10F2N2O/c1-7-5-9(15)12(16-6-7)17-10-4-2-3-8(13)11(10)14/h2-6H,15H2,1H3. The number of nitrogens with two attached hydrogens (primary N) is 1. The van der Waals surface area contributed by atoms with E-state index in [1.165, 1.54) is 18.3 Å². The van der Waals surface area contributed by atoms with Gasteiger partial charge in [-0.3, -0.25) is 0 Å². The first-order chi connectivity index (χ1) is 8.08. The van der Waals surface area contributed by atoms with Gasteiger partial charge in [-0.2, -0.15) is 4.39 Å². The molecule has 0 aliphatic rings. The SMILES string of the molecule is Cc1cnc(Oc2cccc(F)c2F)c(N)c1. The van der Waals surface area contributed by atoms with Gasteiger partial charge in [0, 0.05) is 6.20 Å². The average Bonchev–Trinajstić information content (AvgIpc) is 2.28. The molecule has 1 aromatic heterocycles. The molecule has 1 aromatic carbocycles. The summed E-state index contributed by atoms with van der Waals surface area (Å²) >= 11 is 0. The van der Waals surface area contributed by atoms with Crippen LogP contribution >= 0.6 is 0 Å². The van der Waals surface area contributed by atoms with Gasteiger partial charge in [0.1, 0.15) is 0 Å². The molecule has 2 rings (SSSR count). The van der Waals surface area contributed by atoms with Crippen molar-refractivity contribution in [3.8, 4) is 11.6 Å². The molecule has 0 spiro atoms. The van der Waals surface area contributed by atoms with Gasteiger partial charge in [-0.25, -0.2) is 9.37 Å². The van der Waals surface area contributed by atoms with Crippen LogP contribution in [0.5, 0.6) is 11.6 Å². The zero-order chi connectivity index (χ0) is 12.4. The highest BCUT2D eigenvalue weighted by atomic mass is 19.2. The number of anilines is 1. The quantitative estimate of drug-likeness (QED) is 0.871. The first-order valence-corrected chi connectivity index (χ1v) is 4.92. The highest BCUT2D eigenvalue weighted by Crippen LogP contribution is 2.28. The fourth-order valence-electron chi connectivity index (χ4n) is 1.33. The van der Waals surface area contributed by atoms with E-state index in [9.17, 15) is 8.78 Å². The van der Waals surface area contributed by atoms with E-state index in [1.54, 1.807) is 6.07 Å². The Morgan fingerprint density at radius 2 is 2.06 bits per heavy atom. The van der Waals surface area contributed by atoms with Gasteiger partial charge >= 0.3 is 0 Å². The Hall–Kier alpha value is -2.17. The summed E-state index contributed by atoms with van der Waals surface area (Å²) in [6, 6.07) is 5.30. The van der Waals surface area contributed by atoms with Crippen molar-refractivity contribution >= 4 is 5.69 Å². The summed E-state index contributed by atoms with van der Waals surface area (Å²) in [5.74, 6) is -2.23. The third kappa shape index (κ3) is 2.33. The zero-order valence-electron chi connectivity index (χ0n) is 9.08. The Labute approximate surface area is 96.9 Å². The van der Waals surface area contributed by atoms with Crippen LogP contribution in [0.4, 0.5) is 14.5 Å². The zero-order valence-corrected chi connectivity index (χ0v) is 9.08. The monoisotopic (exact) mass is 236 g/mol. The topological polar surface area (TPSA) is 48.1 Å². The summed E-state index contributed by atoms with van der Waals surface area (Å²) in [6.07, 6.45) is 1.53. The Morgan fingerprint density at radius 3 is 2.76 bits per heavy atom. The maximum atomic E-state index is 13.3. The number of aromatic nitrogens is 1. The Morgan fingerprint density at radius 1 is 1.29 bits per heavy atom. The number of nitrogen functional groups attached to an aromatic ring is 1. The van der Waals surface area contributed by atoms with Gasteiger partial charge in [0.25, 0.3) is 0 Å². The van der Waals surface area contributed by atoms with Crippen LogP contribution in [0.3, 0.4) is 0 Å². The minimum Gasteiger partial charge on any atom is -0.434 e. The molecule has 0 aliphatic carbocycles. The second-order valence-electron chi connectivity index (χ2n) is 3.56. The van der Waals surface area contributed by atoms with Crippen molar-refractivity contribution in [2.24, 2.45) is 0 Å². The van der Waals surface area contributed by atoms with Crippen LogP contribution in [0, 0.1) is 18.6 Å². The van der Waals surface area contributed by atoms with Crippen molar-refractivity contribution in [1.82, 2.24) is 4.98 Å². The number of benzene rings is 1. The molecule has 2 N–H and O–H groups in total. The molecule has 0 fully saturated rings. The first-order valence-electron chi connectivity index (χ1n) is 4.92. The van der Waals surface area contributed by atoms with E-state index in [2.05, 4.69) is 4.98 Å². The average molecular weight is 236 g/mol. The van der Waals surface area contributed by atoms with Crippen molar-refractivity contribution in [1.29, 1.82) is 0 Å². The minimum absolute atomic E-state index is 0.0556. The molecule has 17 heavy (non-hydrogen) atoms. The fraction of sp³-hybridized carbons (Fsp3) is 0.0833. The summed E-state index contributed by atoms with van der Waals surface area (Å²) < 4.78 is 31.4. The van der Waals surface area contributed by atoms with Crippen LogP contribution in [-0.2, 0) is 0 Å². The number of hydrogen-bond donors (Lipinski definition) is 1. The molecule has 88 valence electrons. The second-order valence-corrected chi connectivity index (χ2v) is 3.56. The highest BCUT2D eigenvalue weighted by molar-refractivity contribution is 5.50. The normalized spacial score (nSPS) is 10.3. The lowest BCUT2D eigenvalue weighted by Gasteiger charge is -2.08. The van der Waals surface area contributed by atoms with Crippen LogP contribution in [0.2, 0.25) is 0 Å². The van der Waals surface area contributed by atoms with Gasteiger partial charge in [0.2, 0.25) is 11.7 Å². The number of ether oxygens (including phenoxy) is 1. The van der Waals surface area contributed by atoms with E-state index < -0.39 is 11.6 Å². The van der Waals surface area contributed by atoms with Crippen LogP contribution in [0.25, 0.3) is 0 Å². The number of rotatable bonds is 2. The van der Waals surface area contributed by atoms with Gasteiger partial charge in [-0.15, -0.1) is 0 Å². The van der Waals surface area contributed by atoms with Crippen LogP contribution in [0.1, 0.15) is 5.56 Å². The van der Waals surface area contributed by atoms with E-state index in [0.29, 0.717) is 0 Å². The number of halogens is 2. The molecule has 0 atom stereocenters. The molecule has 0 radical (unpaired) electrons. The third-order valence-corrected chi connectivity index (χ3v) is 2.14. The van der Waals surface area contributed by atoms with E-state index in [4.69, 9.17) is 10.5 Å². The molecule has 5 heteroatoms. The molecule has 0 saturated heterocycles. The molecule has 1 heterocycles. The number of nitrogens with zero attached hydrogens (tertiary/aromatic N) is 1. The second kappa shape index (κ2) is 4.37. The molecule has 0 aliphatic heterocycles. The molecule has 3 nitrogen and oxygen atoms in total. The minimum atomic E-state index is -1.06. The molecule has 0 unspecified atom stereocenters. The summed E-state index contributed by atoms with van der Waals surface area (Å²) in [7, 11) is 0. The Kier molecular flexibility index (Phi) is 2.91. The van der Waals surface area contributed by atoms with E-state index >= 15 is 0 Å². The van der Waals surface area contributed by atoms with Crippen LogP contribution in [-0.4, -0.2) is 4.98 Å². The summed E-state index contributed by atoms with van der Waals surface area (Å²) in [6.45, 7) is 1.82. The summed E-state index contributed by atoms with van der Waals surface area (Å²) in [4.78, 5) is 3.91. The Balaban J connectivity index is 2.35. The van der Waals surface area contributed by atoms with Crippen molar-refractivity contribution in [2.45, 2.75) is 6.92 Å². The van der Waals surface area contributed by atoms with Crippen LogP contribution < -0.4 is 10.5 Å². The lowest BCUT2D eigenvalue weighted by Crippen LogP contribution is -1.98. The molecule has 2 aromatic rings. The lowest BCUT2D eigenvalue weighted by atomic mass is 10.3. The highest BCUT2D eigenvalue weighted by Gasteiger charge is 2.11. The summed E-state index contributed by atoms with van der Waals surface area (Å²) in [5, 5.41) is 0. The molecule has 0 bridgehead atoms. The number of pyridine rings is 1. The molecule has 0 saturated carbocycles.